The van der Waals surface area contributed by atoms with Gasteiger partial charge in [-0.25, -0.2) is 0 Å². The molecule has 1 amide bonds. The number of nitro groups is 1. The van der Waals surface area contributed by atoms with E-state index in [4.69, 9.17) is 14.2 Å². The zero-order chi connectivity index (χ0) is 22.3. The van der Waals surface area contributed by atoms with E-state index in [1.807, 2.05) is 0 Å². The summed E-state index contributed by atoms with van der Waals surface area (Å²) < 4.78 is 44.3. The van der Waals surface area contributed by atoms with Crippen molar-refractivity contribution in [3.8, 4) is 23.0 Å². The molecule has 0 radical (unpaired) electrons. The Morgan fingerprint density at radius 1 is 1.03 bits per heavy atom. The normalized spacial score (nSPS) is 10.5. The fraction of sp³-hybridized carbons (Fsp3) is 0.316. The van der Waals surface area contributed by atoms with Gasteiger partial charge in [0, 0.05) is 17.7 Å². The molecule has 162 valence electrons. The molecule has 0 aliphatic heterocycles. The molecule has 0 aliphatic carbocycles. The number of benzene rings is 2. The van der Waals surface area contributed by atoms with Crippen LogP contribution in [0.15, 0.2) is 30.3 Å². The molecule has 0 fully saturated rings. The fourth-order valence-corrected chi connectivity index (χ4v) is 2.70. The van der Waals surface area contributed by atoms with E-state index in [-0.39, 0.29) is 41.5 Å². The van der Waals surface area contributed by atoms with Crippen LogP contribution in [0.5, 0.6) is 23.0 Å². The molecule has 1 N–H and O–H groups in total. The van der Waals surface area contributed by atoms with Crippen LogP contribution < -0.4 is 24.3 Å². The van der Waals surface area contributed by atoms with E-state index in [9.17, 15) is 23.7 Å². The molecule has 0 bridgehead atoms. The highest BCUT2D eigenvalue weighted by Gasteiger charge is 2.20. The van der Waals surface area contributed by atoms with Crippen molar-refractivity contribution in [2.24, 2.45) is 0 Å². The van der Waals surface area contributed by atoms with Crippen LogP contribution in [0.2, 0.25) is 0 Å². The largest absolute Gasteiger partial charge is 0.493 e. The van der Waals surface area contributed by atoms with E-state index in [0.717, 1.165) is 0 Å². The van der Waals surface area contributed by atoms with Gasteiger partial charge in [-0.3, -0.25) is 14.9 Å². The van der Waals surface area contributed by atoms with Gasteiger partial charge in [0.05, 0.1) is 32.3 Å². The number of amides is 1. The van der Waals surface area contributed by atoms with Crippen molar-refractivity contribution in [3.05, 3.63) is 51.6 Å². The Morgan fingerprint density at radius 3 is 2.20 bits per heavy atom. The van der Waals surface area contributed by atoms with Gasteiger partial charge >= 0.3 is 6.61 Å². The Kier molecular flexibility index (Phi) is 7.73. The van der Waals surface area contributed by atoms with E-state index >= 15 is 0 Å². The first-order chi connectivity index (χ1) is 14.3. The Morgan fingerprint density at radius 2 is 1.63 bits per heavy atom. The Hall–Kier alpha value is -3.63. The minimum atomic E-state index is -3.03. The van der Waals surface area contributed by atoms with Gasteiger partial charge in [-0.15, -0.1) is 0 Å². The molecule has 9 nitrogen and oxygen atoms in total. The van der Waals surface area contributed by atoms with Gasteiger partial charge < -0.3 is 24.3 Å². The summed E-state index contributed by atoms with van der Waals surface area (Å²) >= 11 is 0. The number of nitrogens with one attached hydrogen (secondary N) is 1. The maximum Gasteiger partial charge on any atom is 0.387 e. The molecule has 2 rings (SSSR count). The van der Waals surface area contributed by atoms with Crippen molar-refractivity contribution >= 4 is 11.6 Å². The zero-order valence-electron chi connectivity index (χ0n) is 16.4. The summed E-state index contributed by atoms with van der Waals surface area (Å²) in [6, 6.07) is 6.48. The lowest BCUT2D eigenvalue weighted by Gasteiger charge is -2.12. The van der Waals surface area contributed by atoms with Crippen molar-refractivity contribution in [1.82, 2.24) is 5.32 Å². The van der Waals surface area contributed by atoms with Crippen molar-refractivity contribution in [3.63, 3.8) is 0 Å². The number of rotatable bonds is 10. The van der Waals surface area contributed by atoms with E-state index < -0.39 is 17.4 Å². The zero-order valence-corrected chi connectivity index (χ0v) is 16.4. The van der Waals surface area contributed by atoms with Gasteiger partial charge in [0.15, 0.2) is 23.0 Å². The summed E-state index contributed by atoms with van der Waals surface area (Å²) in [5, 5.41) is 13.9. The highest BCUT2D eigenvalue weighted by Crippen LogP contribution is 2.34. The molecule has 0 saturated heterocycles. The highest BCUT2D eigenvalue weighted by atomic mass is 19.3. The van der Waals surface area contributed by atoms with Crippen LogP contribution in [0.3, 0.4) is 0 Å². The highest BCUT2D eigenvalue weighted by molar-refractivity contribution is 5.94. The number of ether oxygens (including phenoxy) is 4. The molecule has 0 aromatic heterocycles. The van der Waals surface area contributed by atoms with Crippen LogP contribution in [0, 0.1) is 10.1 Å². The second-order valence-electron chi connectivity index (χ2n) is 5.84. The summed E-state index contributed by atoms with van der Waals surface area (Å²) in [5.41, 5.74) is 0.323. The molecule has 30 heavy (non-hydrogen) atoms. The van der Waals surface area contributed by atoms with E-state index in [0.29, 0.717) is 11.3 Å². The van der Waals surface area contributed by atoms with Crippen LogP contribution >= 0.6 is 0 Å². The van der Waals surface area contributed by atoms with Crippen LogP contribution in [-0.4, -0.2) is 45.3 Å². The molecule has 11 heteroatoms. The Balaban J connectivity index is 2.11. The first-order valence-corrected chi connectivity index (χ1v) is 8.61. The lowest BCUT2D eigenvalue weighted by Crippen LogP contribution is -2.26. The summed E-state index contributed by atoms with van der Waals surface area (Å²) in [6.45, 7) is -2.96. The average Bonchev–Trinajstić information content (AvgIpc) is 2.72. The van der Waals surface area contributed by atoms with E-state index in [2.05, 4.69) is 10.1 Å². The number of alkyl halides is 2. The lowest BCUT2D eigenvalue weighted by molar-refractivity contribution is -0.385. The van der Waals surface area contributed by atoms with Crippen LogP contribution in [0.25, 0.3) is 0 Å². The lowest BCUT2D eigenvalue weighted by atomic mass is 10.1. The average molecular weight is 426 g/mol. The summed E-state index contributed by atoms with van der Waals surface area (Å²) in [4.78, 5) is 23.1. The first-order valence-electron chi connectivity index (χ1n) is 8.61. The molecule has 2 aromatic rings. The molecular formula is C19H20F2N2O7. The number of carbonyl (C=O) groups excluding carboxylic acids is 1. The third-order valence-electron chi connectivity index (χ3n) is 4.10. The van der Waals surface area contributed by atoms with Gasteiger partial charge in [0.1, 0.15) is 0 Å². The molecule has 0 unspecified atom stereocenters. The summed E-state index contributed by atoms with van der Waals surface area (Å²) in [7, 11) is 4.03. The smallest absolute Gasteiger partial charge is 0.387 e. The van der Waals surface area contributed by atoms with E-state index in [1.54, 1.807) is 0 Å². The Labute approximate surface area is 170 Å². The van der Waals surface area contributed by atoms with Crippen molar-refractivity contribution < 1.29 is 37.4 Å². The number of nitro benzene ring substituents is 1. The molecule has 0 spiro atoms. The molecule has 0 heterocycles. The monoisotopic (exact) mass is 426 g/mol. The molecule has 0 saturated carbocycles. The van der Waals surface area contributed by atoms with Crippen LogP contribution in [-0.2, 0) is 6.42 Å². The van der Waals surface area contributed by atoms with Gasteiger partial charge in [0.2, 0.25) is 0 Å². The summed E-state index contributed by atoms with van der Waals surface area (Å²) in [6.07, 6.45) is 0.145. The van der Waals surface area contributed by atoms with Crippen molar-refractivity contribution in [2.75, 3.05) is 27.9 Å². The minimum Gasteiger partial charge on any atom is -0.493 e. The maximum absolute atomic E-state index is 12.4. The Bertz CT molecular complexity index is 922. The number of hydrogen-bond donors (Lipinski definition) is 1. The molecular weight excluding hydrogens is 406 g/mol. The second-order valence-corrected chi connectivity index (χ2v) is 5.84. The number of nitrogens with zero attached hydrogens (tertiary/aromatic N) is 1. The maximum atomic E-state index is 12.4. The SMILES string of the molecule is COc1cc(CCNC(=O)c2ccc(OC(F)F)c(OC)c2)c([N+](=O)[O-])cc1OC. The van der Waals surface area contributed by atoms with Gasteiger partial charge in [0.25, 0.3) is 11.6 Å². The third-order valence-corrected chi connectivity index (χ3v) is 4.10. The number of methoxy groups -OCH3 is 3. The van der Waals surface area contributed by atoms with Crippen LogP contribution in [0.4, 0.5) is 14.5 Å². The van der Waals surface area contributed by atoms with Gasteiger partial charge in [-0.1, -0.05) is 0 Å². The van der Waals surface area contributed by atoms with Gasteiger partial charge in [-0.2, -0.15) is 8.78 Å². The third kappa shape index (κ3) is 5.46. The van der Waals surface area contributed by atoms with Gasteiger partial charge in [-0.05, 0) is 30.7 Å². The standard InChI is InChI=1S/C19H20F2N2O7/c1-27-15-9-12(4-5-14(15)30-19(20)21)18(24)22-7-6-11-8-16(28-2)17(29-3)10-13(11)23(25)26/h4-5,8-10,19H,6-7H2,1-3H3,(H,22,24). The molecule has 2 aromatic carbocycles. The summed E-state index contributed by atoms with van der Waals surface area (Å²) in [5.74, 6) is -0.206. The molecule has 0 atom stereocenters. The number of halogens is 2. The number of hydrogen-bond acceptors (Lipinski definition) is 7. The topological polar surface area (TPSA) is 109 Å². The van der Waals surface area contributed by atoms with Crippen molar-refractivity contribution in [1.29, 1.82) is 0 Å². The van der Waals surface area contributed by atoms with Crippen LogP contribution in [0.1, 0.15) is 15.9 Å². The quantitative estimate of drug-likeness (QED) is 0.459. The second kappa shape index (κ2) is 10.2. The predicted octanol–water partition coefficient (Wildman–Crippen LogP) is 3.19. The minimum absolute atomic E-state index is 0.0292. The molecule has 0 aliphatic rings. The van der Waals surface area contributed by atoms with E-state index in [1.165, 1.54) is 51.7 Å². The number of carbonyl (C=O) groups is 1. The van der Waals surface area contributed by atoms with Crippen molar-refractivity contribution in [2.45, 2.75) is 13.0 Å². The predicted molar refractivity (Wildman–Crippen MR) is 102 cm³/mol. The fourth-order valence-electron chi connectivity index (χ4n) is 2.70. The first kappa shape index (κ1) is 22.7.